The molecule has 0 saturated carbocycles. The summed E-state index contributed by atoms with van der Waals surface area (Å²) in [5, 5.41) is 17.4. The number of hydrogen-bond acceptors (Lipinski definition) is 5. The summed E-state index contributed by atoms with van der Waals surface area (Å²) in [5.74, 6) is 0.316. The number of nitriles is 1. The van der Waals surface area contributed by atoms with Gasteiger partial charge in [-0.2, -0.15) is 10.4 Å². The third-order valence-electron chi connectivity index (χ3n) is 6.60. The Morgan fingerprint density at radius 3 is 2.59 bits per heavy atom. The predicted octanol–water partition coefficient (Wildman–Crippen LogP) is 5.63. The second-order valence-corrected chi connectivity index (χ2v) is 9.53. The van der Waals surface area contributed by atoms with Gasteiger partial charge in [-0.25, -0.2) is 4.68 Å². The Labute approximate surface area is 228 Å². The standard InChI is InChI=1S/C32H30N4O3/c1-23-9-11-24(12-10-23)22-39-29-15-13-25(14-16-29)31-27(21-36(35-31)28-6-3-2-4-7-28)18-26(19-33)32(37)34-20-30-8-5-17-38-30/h2-4,6-7,9-16,18,21,30H,5,8,17,20,22H2,1H3,(H,34,37). The lowest BCUT2D eigenvalue weighted by molar-refractivity contribution is -0.117. The summed E-state index contributed by atoms with van der Waals surface area (Å²) in [5.41, 5.74) is 5.36. The molecule has 196 valence electrons. The van der Waals surface area contributed by atoms with Gasteiger partial charge in [0.1, 0.15) is 24.0 Å². The van der Waals surface area contributed by atoms with Crippen LogP contribution in [-0.2, 0) is 16.1 Å². The second kappa shape index (κ2) is 12.2. The molecule has 1 aliphatic rings. The first-order valence-electron chi connectivity index (χ1n) is 13.0. The van der Waals surface area contributed by atoms with Crippen LogP contribution in [-0.4, -0.2) is 34.9 Å². The SMILES string of the molecule is Cc1ccc(COc2ccc(-c3nn(-c4ccccc4)cc3C=C(C#N)C(=O)NCC3CCCO3)cc2)cc1. The van der Waals surface area contributed by atoms with E-state index in [2.05, 4.69) is 36.5 Å². The van der Waals surface area contributed by atoms with Crippen LogP contribution in [0.1, 0.15) is 29.5 Å². The maximum Gasteiger partial charge on any atom is 0.262 e. The maximum absolute atomic E-state index is 12.8. The number of rotatable bonds is 9. The quantitative estimate of drug-likeness (QED) is 0.229. The van der Waals surface area contributed by atoms with Crippen molar-refractivity contribution in [2.75, 3.05) is 13.2 Å². The summed E-state index contributed by atoms with van der Waals surface area (Å²) < 4.78 is 13.3. The highest BCUT2D eigenvalue weighted by Gasteiger charge is 2.19. The monoisotopic (exact) mass is 518 g/mol. The highest BCUT2D eigenvalue weighted by molar-refractivity contribution is 6.02. The molecule has 2 heterocycles. The normalized spacial score (nSPS) is 15.1. The number of nitrogens with one attached hydrogen (secondary N) is 1. The number of aromatic nitrogens is 2. The third-order valence-corrected chi connectivity index (χ3v) is 6.60. The van der Waals surface area contributed by atoms with Crippen molar-refractivity contribution in [3.8, 4) is 28.8 Å². The average molecular weight is 519 g/mol. The van der Waals surface area contributed by atoms with E-state index in [0.717, 1.165) is 35.4 Å². The van der Waals surface area contributed by atoms with Crippen molar-refractivity contribution in [3.63, 3.8) is 0 Å². The number of amides is 1. The van der Waals surface area contributed by atoms with Gasteiger partial charge in [0.25, 0.3) is 5.91 Å². The molecule has 39 heavy (non-hydrogen) atoms. The van der Waals surface area contributed by atoms with Crippen LogP contribution in [0.2, 0.25) is 0 Å². The van der Waals surface area contributed by atoms with E-state index >= 15 is 0 Å². The van der Waals surface area contributed by atoms with Gasteiger partial charge in [-0.1, -0.05) is 48.0 Å². The molecule has 0 bridgehead atoms. The molecule has 4 aromatic rings. The first-order chi connectivity index (χ1) is 19.1. The molecule has 1 amide bonds. The van der Waals surface area contributed by atoms with Crippen LogP contribution in [0, 0.1) is 18.3 Å². The number of aryl methyl sites for hydroxylation is 1. The van der Waals surface area contributed by atoms with E-state index in [9.17, 15) is 10.1 Å². The van der Waals surface area contributed by atoms with Crippen molar-refractivity contribution in [1.29, 1.82) is 5.26 Å². The van der Waals surface area contributed by atoms with Gasteiger partial charge in [0.15, 0.2) is 0 Å². The molecule has 1 unspecified atom stereocenters. The van der Waals surface area contributed by atoms with Crippen molar-refractivity contribution >= 4 is 12.0 Å². The predicted molar refractivity (Wildman–Crippen MR) is 150 cm³/mol. The summed E-state index contributed by atoms with van der Waals surface area (Å²) in [6.07, 6.45) is 5.31. The Balaban J connectivity index is 1.39. The molecule has 3 aromatic carbocycles. The molecule has 1 atom stereocenters. The van der Waals surface area contributed by atoms with Crippen molar-refractivity contribution in [1.82, 2.24) is 15.1 Å². The number of hydrogen-bond donors (Lipinski definition) is 1. The van der Waals surface area contributed by atoms with Crippen molar-refractivity contribution in [2.24, 2.45) is 0 Å². The average Bonchev–Trinajstić information content (AvgIpc) is 3.65. The Morgan fingerprint density at radius 1 is 1.13 bits per heavy atom. The van der Waals surface area contributed by atoms with Crippen molar-refractivity contribution < 1.29 is 14.3 Å². The van der Waals surface area contributed by atoms with Crippen LogP contribution >= 0.6 is 0 Å². The van der Waals surface area contributed by atoms with Gasteiger partial charge in [0.2, 0.25) is 0 Å². The lowest BCUT2D eigenvalue weighted by Gasteiger charge is -2.10. The van der Waals surface area contributed by atoms with Gasteiger partial charge in [0, 0.05) is 30.5 Å². The van der Waals surface area contributed by atoms with Crippen molar-refractivity contribution in [2.45, 2.75) is 32.5 Å². The van der Waals surface area contributed by atoms with Crippen LogP contribution in [0.4, 0.5) is 0 Å². The first kappa shape index (κ1) is 26.0. The number of nitrogens with zero attached hydrogens (tertiary/aromatic N) is 3. The van der Waals surface area contributed by atoms with Gasteiger partial charge >= 0.3 is 0 Å². The molecule has 0 aliphatic carbocycles. The van der Waals surface area contributed by atoms with Crippen LogP contribution in [0.25, 0.3) is 23.0 Å². The Morgan fingerprint density at radius 2 is 1.90 bits per heavy atom. The number of benzene rings is 3. The number of carbonyl (C=O) groups excluding carboxylic acids is 1. The Hall–Kier alpha value is -4.67. The molecule has 1 saturated heterocycles. The Bertz CT molecular complexity index is 1480. The summed E-state index contributed by atoms with van der Waals surface area (Å²) >= 11 is 0. The highest BCUT2D eigenvalue weighted by Crippen LogP contribution is 2.28. The molecule has 1 aliphatic heterocycles. The molecule has 1 fully saturated rings. The van der Waals surface area contributed by atoms with Crippen LogP contribution in [0.5, 0.6) is 5.75 Å². The van der Waals surface area contributed by atoms with E-state index in [1.165, 1.54) is 5.56 Å². The molecule has 7 nitrogen and oxygen atoms in total. The molecule has 7 heteroatoms. The largest absolute Gasteiger partial charge is 0.489 e. The molecule has 1 N–H and O–H groups in total. The fourth-order valence-electron chi connectivity index (χ4n) is 4.40. The fraction of sp³-hybridized carbons (Fsp3) is 0.219. The first-order valence-corrected chi connectivity index (χ1v) is 13.0. The molecule has 0 spiro atoms. The van der Waals surface area contributed by atoms with Crippen molar-refractivity contribution in [3.05, 3.63) is 107 Å². The lowest BCUT2D eigenvalue weighted by Crippen LogP contribution is -2.32. The van der Waals surface area contributed by atoms with Crippen LogP contribution in [0.15, 0.2) is 90.6 Å². The fourth-order valence-corrected chi connectivity index (χ4v) is 4.40. The Kier molecular flexibility index (Phi) is 8.15. The van der Waals surface area contributed by atoms with Gasteiger partial charge in [-0.05, 0) is 67.8 Å². The maximum atomic E-state index is 12.8. The zero-order valence-electron chi connectivity index (χ0n) is 21.8. The summed E-state index contributed by atoms with van der Waals surface area (Å²) in [4.78, 5) is 12.8. The third kappa shape index (κ3) is 6.61. The molecule has 5 rings (SSSR count). The summed E-state index contributed by atoms with van der Waals surface area (Å²) in [6.45, 7) is 3.63. The van der Waals surface area contributed by atoms with Crippen LogP contribution in [0.3, 0.4) is 0 Å². The van der Waals surface area contributed by atoms with Gasteiger partial charge in [-0.3, -0.25) is 4.79 Å². The lowest BCUT2D eigenvalue weighted by atomic mass is 10.1. The van der Waals surface area contributed by atoms with E-state index in [4.69, 9.17) is 14.6 Å². The molecule has 0 radical (unpaired) electrons. The van der Waals surface area contributed by atoms with Gasteiger partial charge in [-0.15, -0.1) is 0 Å². The minimum Gasteiger partial charge on any atom is -0.489 e. The molecule has 1 aromatic heterocycles. The van der Waals surface area contributed by atoms with E-state index < -0.39 is 5.91 Å². The number of ether oxygens (including phenoxy) is 2. The topological polar surface area (TPSA) is 89.2 Å². The smallest absolute Gasteiger partial charge is 0.262 e. The minimum absolute atomic E-state index is 0.00275. The molecular weight excluding hydrogens is 488 g/mol. The van der Waals surface area contributed by atoms with E-state index in [1.54, 1.807) is 10.8 Å². The minimum atomic E-state index is -0.425. The second-order valence-electron chi connectivity index (χ2n) is 9.53. The zero-order chi connectivity index (χ0) is 27.0. The van der Waals surface area contributed by atoms with E-state index in [1.807, 2.05) is 66.9 Å². The number of carbonyl (C=O) groups is 1. The zero-order valence-corrected chi connectivity index (χ0v) is 21.8. The summed E-state index contributed by atoms with van der Waals surface area (Å²) in [7, 11) is 0. The van der Waals surface area contributed by atoms with E-state index in [0.29, 0.717) is 31.0 Å². The van der Waals surface area contributed by atoms with Crippen LogP contribution < -0.4 is 10.1 Å². The summed E-state index contributed by atoms with van der Waals surface area (Å²) in [6, 6.07) is 27.7. The highest BCUT2D eigenvalue weighted by atomic mass is 16.5. The number of para-hydroxylation sites is 1. The molecular formula is C32H30N4O3. The van der Waals surface area contributed by atoms with E-state index in [-0.39, 0.29) is 11.7 Å². The van der Waals surface area contributed by atoms with Gasteiger partial charge < -0.3 is 14.8 Å². The van der Waals surface area contributed by atoms with Gasteiger partial charge in [0.05, 0.1) is 17.5 Å².